The first kappa shape index (κ1) is 13.4. The molecule has 98 valence electrons. The Balaban J connectivity index is 0.00000133. The van der Waals surface area contributed by atoms with Gasteiger partial charge < -0.3 is 17.5 Å². The predicted octanol–water partition coefficient (Wildman–Crippen LogP) is -0.621. The molecule has 1 N–H and O–H groups in total. The molecule has 0 saturated carbocycles. The highest BCUT2D eigenvalue weighted by Gasteiger charge is 2.23. The van der Waals surface area contributed by atoms with E-state index in [2.05, 4.69) is 21.3 Å². The molecule has 0 atom stereocenters. The SMILES string of the molecule is Cn1c(-c2ccccc2O)[n+](C)c2ccccc21.[Cl-]. The summed E-state index contributed by atoms with van der Waals surface area (Å²) in [4.78, 5) is 0. The molecular formula is C15H15ClN2O. The van der Waals surface area contributed by atoms with E-state index in [-0.39, 0.29) is 12.4 Å². The lowest BCUT2D eigenvalue weighted by Crippen LogP contribution is -3.00. The van der Waals surface area contributed by atoms with Gasteiger partial charge in [-0.2, -0.15) is 0 Å². The number of imidazole rings is 1. The number of phenolic OH excluding ortho intramolecular Hbond substituents is 1. The monoisotopic (exact) mass is 274 g/mol. The lowest BCUT2D eigenvalue weighted by atomic mass is 10.2. The fraction of sp³-hybridized carbons (Fsp3) is 0.133. The smallest absolute Gasteiger partial charge is 0.293 e. The van der Waals surface area contributed by atoms with Crippen molar-refractivity contribution in [1.29, 1.82) is 0 Å². The summed E-state index contributed by atoms with van der Waals surface area (Å²) in [5.74, 6) is 1.30. The first-order chi connectivity index (χ1) is 8.70. The van der Waals surface area contributed by atoms with Crippen molar-refractivity contribution in [2.45, 2.75) is 0 Å². The maximum atomic E-state index is 10.0. The molecular weight excluding hydrogens is 260 g/mol. The van der Waals surface area contributed by atoms with Gasteiger partial charge in [0, 0.05) is 0 Å². The number of fused-ring (bicyclic) bond motifs is 1. The van der Waals surface area contributed by atoms with Gasteiger partial charge in [0.15, 0.2) is 11.0 Å². The molecule has 0 fully saturated rings. The number of phenols is 1. The van der Waals surface area contributed by atoms with Gasteiger partial charge in [-0.1, -0.05) is 24.3 Å². The van der Waals surface area contributed by atoms with Crippen molar-refractivity contribution in [3.05, 3.63) is 48.5 Å². The molecule has 0 unspecified atom stereocenters. The Labute approximate surface area is 118 Å². The largest absolute Gasteiger partial charge is 1.00 e. The van der Waals surface area contributed by atoms with Gasteiger partial charge in [-0.25, -0.2) is 9.13 Å². The number of aromatic nitrogens is 2. The summed E-state index contributed by atoms with van der Waals surface area (Å²) in [5.41, 5.74) is 3.15. The zero-order valence-corrected chi connectivity index (χ0v) is 11.6. The van der Waals surface area contributed by atoms with Crippen molar-refractivity contribution in [3.8, 4) is 17.1 Å². The van der Waals surface area contributed by atoms with Crippen LogP contribution >= 0.6 is 0 Å². The molecule has 0 aliphatic carbocycles. The van der Waals surface area contributed by atoms with E-state index in [4.69, 9.17) is 0 Å². The Morgan fingerprint density at radius 1 is 1.00 bits per heavy atom. The van der Waals surface area contributed by atoms with Gasteiger partial charge in [-0.15, -0.1) is 0 Å². The summed E-state index contributed by atoms with van der Waals surface area (Å²) in [5, 5.41) is 10.0. The minimum absolute atomic E-state index is 0. The average molecular weight is 275 g/mol. The molecule has 0 aliphatic rings. The third-order valence-corrected chi connectivity index (χ3v) is 3.38. The van der Waals surface area contributed by atoms with Gasteiger partial charge in [0.25, 0.3) is 5.82 Å². The highest BCUT2D eigenvalue weighted by molar-refractivity contribution is 5.77. The lowest BCUT2D eigenvalue weighted by Gasteiger charge is -2.01. The first-order valence-corrected chi connectivity index (χ1v) is 5.92. The van der Waals surface area contributed by atoms with E-state index in [1.54, 1.807) is 6.07 Å². The van der Waals surface area contributed by atoms with Crippen molar-refractivity contribution < 1.29 is 22.1 Å². The zero-order valence-electron chi connectivity index (χ0n) is 10.8. The van der Waals surface area contributed by atoms with Gasteiger partial charge >= 0.3 is 0 Å². The van der Waals surface area contributed by atoms with E-state index in [1.807, 2.05) is 44.4 Å². The zero-order chi connectivity index (χ0) is 12.7. The first-order valence-electron chi connectivity index (χ1n) is 5.92. The lowest BCUT2D eigenvalue weighted by molar-refractivity contribution is -0.634. The van der Waals surface area contributed by atoms with Gasteiger partial charge in [-0.05, 0) is 24.3 Å². The molecule has 4 heteroatoms. The number of aryl methyl sites for hydroxylation is 2. The molecule has 1 aromatic heterocycles. The number of hydrogen-bond acceptors (Lipinski definition) is 1. The van der Waals surface area contributed by atoms with Crippen LogP contribution in [0.1, 0.15) is 0 Å². The number of hydrogen-bond donors (Lipinski definition) is 1. The number of nitrogens with zero attached hydrogens (tertiary/aromatic N) is 2. The Morgan fingerprint density at radius 2 is 1.63 bits per heavy atom. The second kappa shape index (κ2) is 4.94. The van der Waals surface area contributed by atoms with Gasteiger partial charge in [0.1, 0.15) is 11.3 Å². The molecule has 3 nitrogen and oxygen atoms in total. The number of rotatable bonds is 1. The summed E-state index contributed by atoms with van der Waals surface area (Å²) < 4.78 is 4.20. The highest BCUT2D eigenvalue weighted by atomic mass is 35.5. The number of benzene rings is 2. The Kier molecular flexibility index (Phi) is 3.49. The summed E-state index contributed by atoms with van der Waals surface area (Å²) in [6.07, 6.45) is 0. The van der Waals surface area contributed by atoms with E-state index < -0.39 is 0 Å². The summed E-state index contributed by atoms with van der Waals surface area (Å²) in [6, 6.07) is 15.6. The number of halogens is 1. The normalized spacial score (nSPS) is 10.4. The van der Waals surface area contributed by atoms with E-state index in [0.717, 1.165) is 22.4 Å². The third-order valence-electron chi connectivity index (χ3n) is 3.38. The standard InChI is InChI=1S/C15H14N2O.ClH/c1-16-12-8-4-5-9-13(12)17(2)15(16)11-7-3-6-10-14(11)18;/h3-10H,1-2H3;1H. The second-order valence-corrected chi connectivity index (χ2v) is 4.45. The number of para-hydroxylation sites is 3. The summed E-state index contributed by atoms with van der Waals surface area (Å²) in [6.45, 7) is 0. The van der Waals surface area contributed by atoms with E-state index in [9.17, 15) is 5.11 Å². The fourth-order valence-electron chi connectivity index (χ4n) is 2.51. The molecule has 0 aliphatic heterocycles. The van der Waals surface area contributed by atoms with Crippen molar-refractivity contribution in [3.63, 3.8) is 0 Å². The topological polar surface area (TPSA) is 29.0 Å². The molecule has 0 amide bonds. The average Bonchev–Trinajstić information content (AvgIpc) is 2.64. The molecule has 3 aromatic rings. The van der Waals surface area contributed by atoms with E-state index in [0.29, 0.717) is 5.75 Å². The number of aromatic hydroxyl groups is 1. The Bertz CT molecular complexity index is 695. The van der Waals surface area contributed by atoms with Crippen LogP contribution in [-0.4, -0.2) is 9.67 Å². The fourth-order valence-corrected chi connectivity index (χ4v) is 2.51. The van der Waals surface area contributed by atoms with Crippen LogP contribution < -0.4 is 17.0 Å². The second-order valence-electron chi connectivity index (χ2n) is 4.45. The van der Waals surface area contributed by atoms with Crippen LogP contribution in [0.5, 0.6) is 5.75 Å². The van der Waals surface area contributed by atoms with E-state index in [1.165, 1.54) is 0 Å². The van der Waals surface area contributed by atoms with Crippen molar-refractivity contribution in [1.82, 2.24) is 4.57 Å². The quantitative estimate of drug-likeness (QED) is 0.589. The summed E-state index contributed by atoms with van der Waals surface area (Å²) in [7, 11) is 4.04. The van der Waals surface area contributed by atoms with Crippen molar-refractivity contribution in [2.24, 2.45) is 14.1 Å². The minimum Gasteiger partial charge on any atom is -1.00 e. The van der Waals surface area contributed by atoms with Crippen LogP contribution in [0, 0.1) is 0 Å². The molecule has 0 spiro atoms. The van der Waals surface area contributed by atoms with Crippen molar-refractivity contribution in [2.75, 3.05) is 0 Å². The predicted molar refractivity (Wildman–Crippen MR) is 71.2 cm³/mol. The molecule has 0 bridgehead atoms. The molecule has 0 saturated heterocycles. The van der Waals surface area contributed by atoms with Crippen LogP contribution in [0.4, 0.5) is 0 Å². The minimum atomic E-state index is 0. The molecule has 19 heavy (non-hydrogen) atoms. The maximum Gasteiger partial charge on any atom is 0.293 e. The van der Waals surface area contributed by atoms with Gasteiger partial charge in [0.05, 0.1) is 14.1 Å². The summed E-state index contributed by atoms with van der Waals surface area (Å²) >= 11 is 0. The van der Waals surface area contributed by atoms with E-state index >= 15 is 0 Å². The van der Waals surface area contributed by atoms with Crippen LogP contribution in [-0.2, 0) is 14.1 Å². The maximum absolute atomic E-state index is 10.0. The molecule has 0 radical (unpaired) electrons. The van der Waals surface area contributed by atoms with Crippen LogP contribution in [0.25, 0.3) is 22.4 Å². The molecule has 1 heterocycles. The Morgan fingerprint density at radius 3 is 2.32 bits per heavy atom. The van der Waals surface area contributed by atoms with Crippen LogP contribution in [0.2, 0.25) is 0 Å². The van der Waals surface area contributed by atoms with Gasteiger partial charge in [0.2, 0.25) is 0 Å². The third kappa shape index (κ3) is 1.96. The van der Waals surface area contributed by atoms with Crippen LogP contribution in [0.15, 0.2) is 48.5 Å². The highest BCUT2D eigenvalue weighted by Crippen LogP contribution is 2.28. The van der Waals surface area contributed by atoms with Crippen molar-refractivity contribution >= 4 is 11.0 Å². The van der Waals surface area contributed by atoms with Gasteiger partial charge in [-0.3, -0.25) is 0 Å². The molecule has 3 rings (SSSR count). The Hall–Kier alpha value is -2.00. The van der Waals surface area contributed by atoms with Crippen LogP contribution in [0.3, 0.4) is 0 Å². The molecule has 2 aromatic carbocycles.